The molecule has 0 heterocycles. The minimum atomic E-state index is -0.941. The number of nitriles is 1. The Bertz CT molecular complexity index is 471. The van der Waals surface area contributed by atoms with E-state index in [-0.39, 0.29) is 5.91 Å². The van der Waals surface area contributed by atoms with Crippen LogP contribution in [0.4, 0.5) is 0 Å². The molecule has 5 nitrogen and oxygen atoms in total. The molecule has 0 aliphatic carbocycles. The Kier molecular flexibility index (Phi) is 5.62. The van der Waals surface area contributed by atoms with Gasteiger partial charge in [-0.25, -0.2) is 0 Å². The number of nitrogens with one attached hydrogen (secondary N) is 1. The highest BCUT2D eigenvalue weighted by Crippen LogP contribution is 2.25. The van der Waals surface area contributed by atoms with Crippen LogP contribution in [0.15, 0.2) is 22.7 Å². The highest BCUT2D eigenvalue weighted by molar-refractivity contribution is 9.10. The van der Waals surface area contributed by atoms with E-state index in [0.29, 0.717) is 22.4 Å². The van der Waals surface area contributed by atoms with Crippen LogP contribution in [-0.4, -0.2) is 25.9 Å². The third-order valence-electron chi connectivity index (χ3n) is 2.13. The lowest BCUT2D eigenvalue weighted by Crippen LogP contribution is -2.35. The van der Waals surface area contributed by atoms with Crippen molar-refractivity contribution in [2.24, 2.45) is 0 Å². The summed E-state index contributed by atoms with van der Waals surface area (Å²) in [5.41, 5.74) is 0.419. The van der Waals surface area contributed by atoms with Crippen molar-refractivity contribution in [2.75, 3.05) is 13.7 Å². The molecule has 1 atom stereocenters. The van der Waals surface area contributed by atoms with Crippen molar-refractivity contribution in [3.05, 3.63) is 28.2 Å². The molecule has 0 saturated carbocycles. The fourth-order valence-electron chi connectivity index (χ4n) is 1.29. The first-order valence-electron chi connectivity index (χ1n) is 5.28. The zero-order valence-electron chi connectivity index (χ0n) is 10.1. The normalized spacial score (nSPS) is 11.4. The molecule has 18 heavy (non-hydrogen) atoms. The number of rotatable bonds is 5. The standard InChI is InChI=1S/C12H13BrN2O3/c1-3-18-11(7-14)15-12(16)8-4-5-10(17-2)9(13)6-8/h4-6,11H,3H2,1-2H3,(H,15,16). The molecule has 96 valence electrons. The first kappa shape index (κ1) is 14.5. The minimum Gasteiger partial charge on any atom is -0.496 e. The second kappa shape index (κ2) is 6.99. The third-order valence-corrected chi connectivity index (χ3v) is 2.75. The van der Waals surface area contributed by atoms with Crippen LogP contribution in [0.1, 0.15) is 17.3 Å². The smallest absolute Gasteiger partial charge is 0.254 e. The van der Waals surface area contributed by atoms with Crippen LogP contribution >= 0.6 is 15.9 Å². The third kappa shape index (κ3) is 3.72. The molecule has 0 aliphatic rings. The monoisotopic (exact) mass is 312 g/mol. The summed E-state index contributed by atoms with van der Waals surface area (Å²) in [4.78, 5) is 11.8. The molecule has 0 aromatic heterocycles. The highest BCUT2D eigenvalue weighted by atomic mass is 79.9. The van der Waals surface area contributed by atoms with Crippen LogP contribution in [0, 0.1) is 11.3 Å². The van der Waals surface area contributed by atoms with Gasteiger partial charge in [-0.1, -0.05) is 0 Å². The molecule has 1 amide bonds. The number of halogens is 1. The number of hydrogen-bond acceptors (Lipinski definition) is 4. The molecule has 0 aliphatic heterocycles. The molecule has 0 bridgehead atoms. The predicted molar refractivity (Wildman–Crippen MR) is 69.2 cm³/mol. The van der Waals surface area contributed by atoms with Crippen molar-refractivity contribution in [3.8, 4) is 11.8 Å². The maximum Gasteiger partial charge on any atom is 0.254 e. The molecular weight excluding hydrogens is 300 g/mol. The summed E-state index contributed by atoms with van der Waals surface area (Å²) in [5, 5.41) is 11.2. The van der Waals surface area contributed by atoms with Crippen molar-refractivity contribution in [1.29, 1.82) is 5.26 Å². The Labute approximate surface area is 114 Å². The SMILES string of the molecule is CCOC(C#N)NC(=O)c1ccc(OC)c(Br)c1. The zero-order chi connectivity index (χ0) is 13.5. The Morgan fingerprint density at radius 3 is 2.83 bits per heavy atom. The molecule has 1 N–H and O–H groups in total. The Morgan fingerprint density at radius 1 is 1.61 bits per heavy atom. The topological polar surface area (TPSA) is 71.3 Å². The molecule has 1 aromatic rings. The van der Waals surface area contributed by atoms with Gasteiger partial charge < -0.3 is 14.8 Å². The summed E-state index contributed by atoms with van der Waals surface area (Å²) in [6.07, 6.45) is -0.941. The number of carbonyl (C=O) groups excluding carboxylic acids is 1. The number of amides is 1. The molecule has 0 fully saturated rings. The summed E-state index contributed by atoms with van der Waals surface area (Å²) in [6, 6.07) is 6.75. The largest absolute Gasteiger partial charge is 0.496 e. The molecule has 0 radical (unpaired) electrons. The van der Waals surface area contributed by atoms with Gasteiger partial charge in [0.1, 0.15) is 11.8 Å². The van der Waals surface area contributed by atoms with E-state index in [1.807, 2.05) is 6.07 Å². The van der Waals surface area contributed by atoms with Gasteiger partial charge in [0, 0.05) is 12.2 Å². The number of nitrogens with zero attached hydrogens (tertiary/aromatic N) is 1. The van der Waals surface area contributed by atoms with Gasteiger partial charge in [-0.3, -0.25) is 4.79 Å². The highest BCUT2D eigenvalue weighted by Gasteiger charge is 2.14. The molecule has 0 saturated heterocycles. The second-order valence-electron chi connectivity index (χ2n) is 3.29. The van der Waals surface area contributed by atoms with Crippen LogP contribution in [-0.2, 0) is 4.74 Å². The van der Waals surface area contributed by atoms with E-state index in [9.17, 15) is 4.79 Å². The zero-order valence-corrected chi connectivity index (χ0v) is 11.7. The number of carbonyl (C=O) groups is 1. The second-order valence-corrected chi connectivity index (χ2v) is 4.14. The number of ether oxygens (including phenoxy) is 2. The van der Waals surface area contributed by atoms with Gasteiger partial charge in [-0.15, -0.1) is 0 Å². The lowest BCUT2D eigenvalue weighted by atomic mass is 10.2. The molecule has 0 spiro atoms. The van der Waals surface area contributed by atoms with Crippen LogP contribution in [0.2, 0.25) is 0 Å². The van der Waals surface area contributed by atoms with E-state index >= 15 is 0 Å². The van der Waals surface area contributed by atoms with Crippen molar-refractivity contribution in [2.45, 2.75) is 13.2 Å². The van der Waals surface area contributed by atoms with Crippen LogP contribution in [0.3, 0.4) is 0 Å². The van der Waals surface area contributed by atoms with E-state index in [4.69, 9.17) is 14.7 Å². The molecule has 1 rings (SSSR count). The fourth-order valence-corrected chi connectivity index (χ4v) is 1.83. The minimum absolute atomic E-state index is 0.352. The van der Waals surface area contributed by atoms with Gasteiger partial charge in [0.25, 0.3) is 5.91 Å². The van der Waals surface area contributed by atoms with Crippen LogP contribution < -0.4 is 10.1 Å². The van der Waals surface area contributed by atoms with Gasteiger partial charge in [-0.2, -0.15) is 5.26 Å². The average Bonchev–Trinajstić information content (AvgIpc) is 2.37. The van der Waals surface area contributed by atoms with Crippen molar-refractivity contribution in [3.63, 3.8) is 0 Å². The van der Waals surface area contributed by atoms with Crippen molar-refractivity contribution < 1.29 is 14.3 Å². The molecular formula is C12H13BrN2O3. The summed E-state index contributed by atoms with van der Waals surface area (Å²) in [5.74, 6) is 0.256. The van der Waals surface area contributed by atoms with E-state index in [1.165, 1.54) is 0 Å². The lowest BCUT2D eigenvalue weighted by Gasteiger charge is -2.12. The molecule has 1 aromatic carbocycles. The summed E-state index contributed by atoms with van der Waals surface area (Å²) < 4.78 is 10.8. The van der Waals surface area contributed by atoms with Crippen LogP contribution in [0.25, 0.3) is 0 Å². The number of hydrogen-bond donors (Lipinski definition) is 1. The van der Waals surface area contributed by atoms with Crippen molar-refractivity contribution >= 4 is 21.8 Å². The average molecular weight is 313 g/mol. The maximum atomic E-state index is 11.8. The van der Waals surface area contributed by atoms with Gasteiger partial charge in [0.05, 0.1) is 11.6 Å². The quantitative estimate of drug-likeness (QED) is 0.845. The first-order valence-corrected chi connectivity index (χ1v) is 6.07. The van der Waals surface area contributed by atoms with Gasteiger partial charge >= 0.3 is 0 Å². The lowest BCUT2D eigenvalue weighted by molar-refractivity contribution is 0.0615. The van der Waals surface area contributed by atoms with E-state index in [2.05, 4.69) is 21.2 Å². The Morgan fingerprint density at radius 2 is 2.33 bits per heavy atom. The summed E-state index contributed by atoms with van der Waals surface area (Å²) in [6.45, 7) is 2.10. The summed E-state index contributed by atoms with van der Waals surface area (Å²) >= 11 is 3.29. The van der Waals surface area contributed by atoms with Crippen molar-refractivity contribution in [1.82, 2.24) is 5.32 Å². The van der Waals surface area contributed by atoms with Gasteiger partial charge in [-0.05, 0) is 41.1 Å². The number of benzene rings is 1. The van der Waals surface area contributed by atoms with Crippen LogP contribution in [0.5, 0.6) is 5.75 Å². The molecule has 6 heteroatoms. The number of methoxy groups -OCH3 is 1. The Hall–Kier alpha value is -1.58. The predicted octanol–water partition coefficient (Wildman–Crippen LogP) is 2.07. The maximum absolute atomic E-state index is 11.8. The van der Waals surface area contributed by atoms with E-state index in [0.717, 1.165) is 0 Å². The first-order chi connectivity index (χ1) is 8.62. The van der Waals surface area contributed by atoms with E-state index < -0.39 is 6.23 Å². The molecule has 1 unspecified atom stereocenters. The Balaban J connectivity index is 2.79. The summed E-state index contributed by atoms with van der Waals surface area (Å²) in [7, 11) is 1.54. The van der Waals surface area contributed by atoms with E-state index in [1.54, 1.807) is 32.2 Å². The van der Waals surface area contributed by atoms with Gasteiger partial charge in [0.2, 0.25) is 6.23 Å². The fraction of sp³-hybridized carbons (Fsp3) is 0.333. The van der Waals surface area contributed by atoms with Gasteiger partial charge in [0.15, 0.2) is 0 Å².